The van der Waals surface area contributed by atoms with E-state index in [2.05, 4.69) is 27.1 Å². The van der Waals surface area contributed by atoms with Crippen molar-refractivity contribution < 1.29 is 13.9 Å². The van der Waals surface area contributed by atoms with Gasteiger partial charge < -0.3 is 10.0 Å². The number of aromatic nitrogens is 4. The molecule has 1 unspecified atom stereocenters. The summed E-state index contributed by atoms with van der Waals surface area (Å²) in [5, 5.41) is 23.0. The Bertz CT molecular complexity index is 1140. The Kier molecular flexibility index (Phi) is 4.88. The molecule has 1 N–H and O–H groups in total. The van der Waals surface area contributed by atoms with Gasteiger partial charge in [0.25, 0.3) is 0 Å². The molecule has 168 valence electrons. The Labute approximate surface area is 185 Å². The number of phenols is 1. The molecule has 5 rings (SSSR count). The van der Waals surface area contributed by atoms with Crippen LogP contribution in [0.4, 0.5) is 14.6 Å². The molecule has 32 heavy (non-hydrogen) atoms. The normalized spacial score (nSPS) is 27.6. The van der Waals surface area contributed by atoms with Crippen LogP contribution in [0.25, 0.3) is 16.9 Å². The number of aromatic hydroxyl groups is 1. The number of rotatable bonds is 4. The lowest BCUT2D eigenvalue weighted by atomic mass is 9.86. The molecule has 7 nitrogen and oxygen atoms in total. The maximum absolute atomic E-state index is 15.3. The molecule has 0 aliphatic carbocycles. The summed E-state index contributed by atoms with van der Waals surface area (Å²) in [4.78, 5) is 4.08. The van der Waals surface area contributed by atoms with Gasteiger partial charge in [-0.05, 0) is 57.5 Å². The molecule has 9 heteroatoms. The summed E-state index contributed by atoms with van der Waals surface area (Å²) in [5.41, 5.74) is 1.52. The number of hydrogen-bond donors (Lipinski definition) is 1. The molecular weight excluding hydrogens is 414 g/mol. The van der Waals surface area contributed by atoms with E-state index in [1.165, 1.54) is 16.9 Å². The first-order chi connectivity index (χ1) is 15.3. The first-order valence-corrected chi connectivity index (χ1v) is 10.7. The van der Waals surface area contributed by atoms with Gasteiger partial charge in [-0.1, -0.05) is 0 Å². The first-order valence-electron chi connectivity index (χ1n) is 10.7. The number of fused-ring (bicyclic) bond motifs is 2. The summed E-state index contributed by atoms with van der Waals surface area (Å²) >= 11 is 0. The zero-order valence-corrected chi connectivity index (χ0v) is 18.3. The molecule has 2 fully saturated rings. The average molecular weight is 440 g/mol. The molecule has 1 aromatic carbocycles. The lowest BCUT2D eigenvalue weighted by molar-refractivity contribution is 0.0221. The molecule has 0 amide bonds. The van der Waals surface area contributed by atoms with E-state index in [0.717, 1.165) is 25.5 Å². The van der Waals surface area contributed by atoms with Crippen LogP contribution in [0.2, 0.25) is 0 Å². The minimum Gasteiger partial charge on any atom is -0.507 e. The van der Waals surface area contributed by atoms with Crippen LogP contribution in [0.5, 0.6) is 5.75 Å². The second-order valence-electron chi connectivity index (χ2n) is 9.12. The molecule has 0 spiro atoms. The molecular formula is C23H26F2N6O. The van der Waals surface area contributed by atoms with Gasteiger partial charge in [-0.2, -0.15) is 5.10 Å². The van der Waals surface area contributed by atoms with Crippen molar-refractivity contribution >= 4 is 5.82 Å². The van der Waals surface area contributed by atoms with Gasteiger partial charge in [0.2, 0.25) is 0 Å². The molecule has 2 saturated heterocycles. The highest BCUT2D eigenvalue weighted by Crippen LogP contribution is 2.45. The van der Waals surface area contributed by atoms with E-state index in [9.17, 15) is 9.50 Å². The number of halogens is 2. The lowest BCUT2D eigenvalue weighted by Gasteiger charge is -2.48. The van der Waals surface area contributed by atoms with Crippen LogP contribution in [-0.2, 0) is 0 Å². The van der Waals surface area contributed by atoms with Crippen LogP contribution in [0.1, 0.15) is 26.2 Å². The lowest BCUT2D eigenvalue weighted by Crippen LogP contribution is -2.60. The maximum Gasteiger partial charge on any atom is 0.161 e. The standard InChI is InChI=1S/C23H26F2N6O/c1-23-9-8-18(30(23)3)22(25)19(11-23)29(2)21-7-6-17(27-28-21)16-5-4-15(10-20(16)32)31-13-14(24)12-26-31/h4-7,10,12-13,18-19,22,32H,8-9,11H2,1-3H3/t18?,19-,22+,23-/m0/s1. The van der Waals surface area contributed by atoms with E-state index in [-0.39, 0.29) is 23.4 Å². The monoisotopic (exact) mass is 440 g/mol. The maximum atomic E-state index is 15.3. The van der Waals surface area contributed by atoms with E-state index < -0.39 is 12.0 Å². The largest absolute Gasteiger partial charge is 0.507 e. The summed E-state index contributed by atoms with van der Waals surface area (Å²) < 4.78 is 29.8. The van der Waals surface area contributed by atoms with Crippen LogP contribution in [0, 0.1) is 5.82 Å². The summed E-state index contributed by atoms with van der Waals surface area (Å²) in [5.74, 6) is 0.121. The van der Waals surface area contributed by atoms with Gasteiger partial charge in [-0.3, -0.25) is 4.90 Å². The van der Waals surface area contributed by atoms with Crippen LogP contribution in [0.15, 0.2) is 42.7 Å². The van der Waals surface area contributed by atoms with E-state index in [1.807, 2.05) is 19.0 Å². The number of benzene rings is 1. The van der Waals surface area contributed by atoms with Crippen molar-refractivity contribution in [2.45, 2.75) is 50.0 Å². The Morgan fingerprint density at radius 2 is 2.03 bits per heavy atom. The molecule has 4 heterocycles. The number of nitrogens with zero attached hydrogens (tertiary/aromatic N) is 6. The zero-order chi connectivity index (χ0) is 22.6. The van der Waals surface area contributed by atoms with E-state index in [0.29, 0.717) is 22.8 Å². The minimum atomic E-state index is -0.953. The van der Waals surface area contributed by atoms with Gasteiger partial charge in [0, 0.05) is 30.3 Å². The zero-order valence-electron chi connectivity index (χ0n) is 18.3. The molecule has 0 radical (unpaired) electrons. The van der Waals surface area contributed by atoms with Crippen molar-refractivity contribution in [3.63, 3.8) is 0 Å². The Hall–Kier alpha value is -3.07. The highest BCUT2D eigenvalue weighted by atomic mass is 19.1. The molecule has 2 aliphatic rings. The third-order valence-electron chi connectivity index (χ3n) is 7.29. The van der Waals surface area contributed by atoms with Crippen molar-refractivity contribution in [3.8, 4) is 22.7 Å². The molecule has 2 aliphatic heterocycles. The van der Waals surface area contributed by atoms with Crippen molar-refractivity contribution in [1.29, 1.82) is 0 Å². The SMILES string of the molecule is CN(c1ccc(-c2ccc(-n3cc(F)cn3)cc2O)nn1)[C@H]1C[C@]2(C)CCC([C@H]1F)N2C. The topological polar surface area (TPSA) is 70.3 Å². The van der Waals surface area contributed by atoms with Crippen LogP contribution >= 0.6 is 0 Å². The fourth-order valence-electron chi connectivity index (χ4n) is 5.17. The summed E-state index contributed by atoms with van der Waals surface area (Å²) in [7, 11) is 3.89. The smallest absolute Gasteiger partial charge is 0.161 e. The number of piperidine rings is 1. The van der Waals surface area contributed by atoms with E-state index in [1.54, 1.807) is 24.3 Å². The predicted octanol–water partition coefficient (Wildman–Crippen LogP) is 3.57. The molecule has 4 atom stereocenters. The van der Waals surface area contributed by atoms with Crippen LogP contribution < -0.4 is 4.90 Å². The van der Waals surface area contributed by atoms with Crippen molar-refractivity contribution in [2.24, 2.45) is 0 Å². The second kappa shape index (κ2) is 7.51. The van der Waals surface area contributed by atoms with Crippen molar-refractivity contribution in [2.75, 3.05) is 19.0 Å². The average Bonchev–Trinajstić information content (AvgIpc) is 3.30. The van der Waals surface area contributed by atoms with Gasteiger partial charge in [-0.15, -0.1) is 10.2 Å². The fourth-order valence-corrected chi connectivity index (χ4v) is 5.17. The van der Waals surface area contributed by atoms with Crippen molar-refractivity contribution in [1.82, 2.24) is 24.9 Å². The van der Waals surface area contributed by atoms with Gasteiger partial charge in [0.05, 0.1) is 29.8 Å². The Morgan fingerprint density at radius 1 is 1.22 bits per heavy atom. The minimum absolute atomic E-state index is 0.00454. The van der Waals surface area contributed by atoms with Gasteiger partial charge >= 0.3 is 0 Å². The van der Waals surface area contributed by atoms with Crippen LogP contribution in [-0.4, -0.2) is 67.9 Å². The number of phenolic OH excluding ortho intramolecular Hbond substituents is 1. The van der Waals surface area contributed by atoms with Gasteiger partial charge in [-0.25, -0.2) is 13.5 Å². The highest BCUT2D eigenvalue weighted by molar-refractivity contribution is 5.69. The molecule has 0 saturated carbocycles. The summed E-state index contributed by atoms with van der Waals surface area (Å²) in [6.07, 6.45) is 3.99. The first kappa shape index (κ1) is 20.8. The van der Waals surface area contributed by atoms with E-state index in [4.69, 9.17) is 0 Å². The second-order valence-corrected chi connectivity index (χ2v) is 9.12. The van der Waals surface area contributed by atoms with Gasteiger partial charge in [0.1, 0.15) is 11.9 Å². The molecule has 3 aromatic rings. The number of hydrogen-bond acceptors (Lipinski definition) is 6. The predicted molar refractivity (Wildman–Crippen MR) is 117 cm³/mol. The molecule has 2 aromatic heterocycles. The summed E-state index contributed by atoms with van der Waals surface area (Å²) in [6.45, 7) is 2.21. The third kappa shape index (κ3) is 3.31. The van der Waals surface area contributed by atoms with E-state index >= 15 is 4.39 Å². The van der Waals surface area contributed by atoms with Crippen LogP contribution in [0.3, 0.4) is 0 Å². The third-order valence-corrected chi connectivity index (χ3v) is 7.29. The number of alkyl halides is 1. The quantitative estimate of drug-likeness (QED) is 0.669. The Morgan fingerprint density at radius 3 is 2.69 bits per heavy atom. The van der Waals surface area contributed by atoms with Crippen molar-refractivity contribution in [3.05, 3.63) is 48.5 Å². The molecule has 2 bridgehead atoms. The summed E-state index contributed by atoms with van der Waals surface area (Å²) in [6, 6.07) is 8.13. The highest BCUT2D eigenvalue weighted by Gasteiger charge is 2.53. The fraction of sp³-hybridized carbons (Fsp3) is 0.435. The Balaban J connectivity index is 1.36. The number of anilines is 1. The van der Waals surface area contributed by atoms with Gasteiger partial charge in [0.15, 0.2) is 11.6 Å².